The molecule has 3 rings (SSSR count). The summed E-state index contributed by atoms with van der Waals surface area (Å²) in [5, 5.41) is 17.0. The molecule has 2 aromatic rings. The number of aromatic hydroxyl groups is 1. The average molecular weight is 481 g/mol. The van der Waals surface area contributed by atoms with Crippen LogP contribution in [0.4, 0.5) is 0 Å². The largest absolute Gasteiger partial charge is 0.508 e. The highest BCUT2D eigenvalue weighted by Gasteiger charge is 2.21. The number of carbonyl (C=O) groups is 2. The van der Waals surface area contributed by atoms with Crippen LogP contribution in [0.5, 0.6) is 5.75 Å². The third-order valence-electron chi connectivity index (χ3n) is 6.18. The summed E-state index contributed by atoms with van der Waals surface area (Å²) in [6, 6.07) is 9.94. The molecule has 2 amide bonds. The number of nitrogens with zero attached hydrogens (tertiary/aromatic N) is 2. The monoisotopic (exact) mass is 480 g/mol. The number of nitrogens with two attached hydrogens (primary N) is 1. The van der Waals surface area contributed by atoms with Gasteiger partial charge in [-0.25, -0.2) is 0 Å². The van der Waals surface area contributed by atoms with Crippen LogP contribution >= 0.6 is 0 Å². The van der Waals surface area contributed by atoms with Crippen molar-refractivity contribution in [3.8, 4) is 5.75 Å². The van der Waals surface area contributed by atoms with Gasteiger partial charge in [-0.05, 0) is 74.6 Å². The van der Waals surface area contributed by atoms with Crippen LogP contribution in [0.25, 0.3) is 0 Å². The number of unbranched alkanes of at least 4 members (excludes halogenated alkanes) is 3. The second-order valence-electron chi connectivity index (χ2n) is 8.93. The first kappa shape index (κ1) is 26.1. The third-order valence-corrected chi connectivity index (χ3v) is 6.18. The SMILES string of the molecule is CCCCCCO/N=C(\N)c1ccc(O)c(CNC(=O)c2ccc(C(=O)N3CCCC3)c(C)c2)c1. The lowest BCUT2D eigenvalue weighted by Crippen LogP contribution is -2.28. The molecule has 4 N–H and O–H groups in total. The zero-order chi connectivity index (χ0) is 25.2. The van der Waals surface area contributed by atoms with E-state index >= 15 is 0 Å². The first-order valence-corrected chi connectivity index (χ1v) is 12.4. The molecule has 8 nitrogen and oxygen atoms in total. The summed E-state index contributed by atoms with van der Waals surface area (Å²) >= 11 is 0. The topological polar surface area (TPSA) is 117 Å². The van der Waals surface area contributed by atoms with Crippen LogP contribution in [0.15, 0.2) is 41.6 Å². The van der Waals surface area contributed by atoms with E-state index in [-0.39, 0.29) is 29.9 Å². The molecular weight excluding hydrogens is 444 g/mol. The Labute approximate surface area is 207 Å². The molecule has 35 heavy (non-hydrogen) atoms. The van der Waals surface area contributed by atoms with Crippen molar-refractivity contribution in [2.75, 3.05) is 19.7 Å². The smallest absolute Gasteiger partial charge is 0.254 e. The molecule has 0 spiro atoms. The molecule has 2 aromatic carbocycles. The molecule has 0 unspecified atom stereocenters. The fourth-order valence-corrected chi connectivity index (χ4v) is 4.06. The summed E-state index contributed by atoms with van der Waals surface area (Å²) in [5.74, 6) is -0.0277. The molecule has 1 saturated heterocycles. The van der Waals surface area contributed by atoms with Gasteiger partial charge in [0.25, 0.3) is 11.8 Å². The molecule has 8 heteroatoms. The van der Waals surface area contributed by atoms with E-state index in [9.17, 15) is 14.7 Å². The zero-order valence-corrected chi connectivity index (χ0v) is 20.7. The van der Waals surface area contributed by atoms with E-state index in [0.29, 0.717) is 28.9 Å². The van der Waals surface area contributed by atoms with E-state index in [0.717, 1.165) is 57.2 Å². The molecule has 0 bridgehead atoms. The second-order valence-corrected chi connectivity index (χ2v) is 8.93. The van der Waals surface area contributed by atoms with Gasteiger partial charge >= 0.3 is 0 Å². The van der Waals surface area contributed by atoms with E-state index in [2.05, 4.69) is 17.4 Å². The van der Waals surface area contributed by atoms with E-state index < -0.39 is 0 Å². The number of oxime groups is 1. The van der Waals surface area contributed by atoms with Crippen molar-refractivity contribution >= 4 is 17.6 Å². The number of phenols is 1. The molecule has 1 fully saturated rings. The highest BCUT2D eigenvalue weighted by Crippen LogP contribution is 2.20. The number of amidine groups is 1. The molecule has 0 saturated carbocycles. The maximum Gasteiger partial charge on any atom is 0.254 e. The predicted molar refractivity (Wildman–Crippen MR) is 136 cm³/mol. The molecular formula is C27H36N4O4. The Hall–Kier alpha value is -3.55. The van der Waals surface area contributed by atoms with Gasteiger partial charge in [-0.15, -0.1) is 0 Å². The van der Waals surface area contributed by atoms with Gasteiger partial charge in [0.2, 0.25) is 0 Å². The molecule has 0 radical (unpaired) electrons. The van der Waals surface area contributed by atoms with Crippen LogP contribution in [0.2, 0.25) is 0 Å². The number of likely N-dealkylation sites (tertiary alicyclic amines) is 1. The van der Waals surface area contributed by atoms with Crippen LogP contribution in [0.1, 0.15) is 82.9 Å². The average Bonchev–Trinajstić information content (AvgIpc) is 3.40. The van der Waals surface area contributed by atoms with Gasteiger partial charge in [0.05, 0.1) is 0 Å². The number of hydrogen-bond donors (Lipinski definition) is 3. The van der Waals surface area contributed by atoms with E-state index in [1.54, 1.807) is 30.3 Å². The Bertz CT molecular complexity index is 1060. The maximum atomic E-state index is 12.7. The number of nitrogens with one attached hydrogen (secondary N) is 1. The number of phenolic OH excluding ortho intramolecular Hbond substituents is 1. The molecule has 1 heterocycles. The molecule has 1 aliphatic heterocycles. The van der Waals surface area contributed by atoms with Crippen molar-refractivity contribution in [1.29, 1.82) is 0 Å². The number of benzene rings is 2. The normalized spacial score (nSPS) is 13.7. The minimum atomic E-state index is -0.296. The maximum absolute atomic E-state index is 12.7. The van der Waals surface area contributed by atoms with Crippen molar-refractivity contribution in [3.63, 3.8) is 0 Å². The molecule has 0 atom stereocenters. The number of amides is 2. The summed E-state index contributed by atoms with van der Waals surface area (Å²) in [7, 11) is 0. The van der Waals surface area contributed by atoms with Gasteiger partial charge in [-0.3, -0.25) is 9.59 Å². The Kier molecular flexibility index (Phi) is 9.52. The lowest BCUT2D eigenvalue weighted by atomic mass is 10.0. The Morgan fingerprint density at radius 1 is 1.09 bits per heavy atom. The quantitative estimate of drug-likeness (QED) is 0.194. The number of rotatable bonds is 11. The zero-order valence-electron chi connectivity index (χ0n) is 20.7. The number of carbonyl (C=O) groups excluding carboxylic acids is 2. The Morgan fingerprint density at radius 3 is 2.54 bits per heavy atom. The Morgan fingerprint density at radius 2 is 1.83 bits per heavy atom. The van der Waals surface area contributed by atoms with Crippen LogP contribution in [-0.2, 0) is 11.4 Å². The number of hydrogen-bond acceptors (Lipinski definition) is 5. The highest BCUT2D eigenvalue weighted by molar-refractivity contribution is 5.99. The van der Waals surface area contributed by atoms with Crippen molar-refractivity contribution in [2.45, 2.75) is 58.9 Å². The van der Waals surface area contributed by atoms with Crippen LogP contribution in [0.3, 0.4) is 0 Å². The van der Waals surface area contributed by atoms with Gasteiger partial charge in [0, 0.05) is 41.9 Å². The van der Waals surface area contributed by atoms with E-state index in [1.165, 1.54) is 6.07 Å². The first-order valence-electron chi connectivity index (χ1n) is 12.4. The predicted octanol–water partition coefficient (Wildman–Crippen LogP) is 4.08. The minimum Gasteiger partial charge on any atom is -0.508 e. The van der Waals surface area contributed by atoms with Crippen LogP contribution in [0, 0.1) is 6.92 Å². The highest BCUT2D eigenvalue weighted by atomic mass is 16.6. The summed E-state index contributed by atoms with van der Waals surface area (Å²) in [6.07, 6.45) is 6.39. The van der Waals surface area contributed by atoms with Crippen molar-refractivity contribution in [1.82, 2.24) is 10.2 Å². The summed E-state index contributed by atoms with van der Waals surface area (Å²) < 4.78 is 0. The van der Waals surface area contributed by atoms with E-state index in [1.807, 2.05) is 11.8 Å². The minimum absolute atomic E-state index is 0.0119. The van der Waals surface area contributed by atoms with Crippen molar-refractivity contribution < 1.29 is 19.5 Å². The van der Waals surface area contributed by atoms with Crippen LogP contribution in [-0.4, -0.2) is 47.4 Å². The van der Waals surface area contributed by atoms with Gasteiger partial charge in [0.15, 0.2) is 5.84 Å². The summed E-state index contributed by atoms with van der Waals surface area (Å²) in [5.41, 5.74) is 8.97. The van der Waals surface area contributed by atoms with Crippen LogP contribution < -0.4 is 11.1 Å². The molecule has 0 aliphatic carbocycles. The summed E-state index contributed by atoms with van der Waals surface area (Å²) in [4.78, 5) is 32.6. The lowest BCUT2D eigenvalue weighted by Gasteiger charge is -2.17. The van der Waals surface area contributed by atoms with Crippen molar-refractivity contribution in [3.05, 3.63) is 64.2 Å². The van der Waals surface area contributed by atoms with E-state index in [4.69, 9.17) is 10.6 Å². The van der Waals surface area contributed by atoms with Crippen molar-refractivity contribution in [2.24, 2.45) is 10.9 Å². The standard InChI is InChI=1S/C27H36N4O4/c1-3-4-5-8-15-35-30-25(28)20-10-12-24(32)22(17-20)18-29-26(33)21-9-11-23(19(2)16-21)27(34)31-13-6-7-14-31/h9-12,16-17,32H,3-8,13-15,18H2,1-2H3,(H2,28,30)(H,29,33). The number of aryl methyl sites for hydroxylation is 1. The third kappa shape index (κ3) is 7.21. The Balaban J connectivity index is 1.59. The fraction of sp³-hybridized carbons (Fsp3) is 0.444. The first-order chi connectivity index (χ1) is 16.9. The van der Waals surface area contributed by atoms with Gasteiger partial charge in [-0.1, -0.05) is 24.9 Å². The second kappa shape index (κ2) is 12.8. The molecule has 0 aromatic heterocycles. The summed E-state index contributed by atoms with van der Waals surface area (Å²) in [6.45, 7) is 6.16. The van der Waals surface area contributed by atoms with Gasteiger partial charge < -0.3 is 25.9 Å². The van der Waals surface area contributed by atoms with Gasteiger partial charge in [-0.2, -0.15) is 0 Å². The molecule has 188 valence electrons. The fourth-order valence-electron chi connectivity index (χ4n) is 4.06. The molecule has 1 aliphatic rings. The lowest BCUT2D eigenvalue weighted by molar-refractivity contribution is 0.0791. The van der Waals surface area contributed by atoms with Gasteiger partial charge in [0.1, 0.15) is 12.4 Å².